The summed E-state index contributed by atoms with van der Waals surface area (Å²) in [4.78, 5) is 12.5. The molecule has 0 aromatic rings. The largest absolute Gasteiger partial charge is 0.394 e. The number of urea groups is 1. The van der Waals surface area contributed by atoms with Gasteiger partial charge in [-0.05, 0) is 0 Å². The molecule has 8 nitrogen and oxygen atoms in total. The third-order valence-corrected chi connectivity index (χ3v) is 2.69. The smallest absolute Gasteiger partial charge is 0.317 e. The van der Waals surface area contributed by atoms with E-state index in [1.165, 1.54) is 7.05 Å². The van der Waals surface area contributed by atoms with Gasteiger partial charge in [0.2, 0.25) is 0 Å². The molecule has 6 N–H and O–H groups in total. The normalized spacial score (nSPS) is 17.4. The van der Waals surface area contributed by atoms with Gasteiger partial charge in [-0.1, -0.05) is 0 Å². The van der Waals surface area contributed by atoms with E-state index in [9.17, 15) is 20.1 Å². The first-order chi connectivity index (χ1) is 8.84. The maximum Gasteiger partial charge on any atom is 0.317 e. The van der Waals surface area contributed by atoms with Crippen LogP contribution in [0.4, 0.5) is 4.79 Å². The minimum absolute atomic E-state index is 0.242. The van der Waals surface area contributed by atoms with E-state index in [0.717, 1.165) is 4.90 Å². The first-order valence-electron chi connectivity index (χ1n) is 5.73. The fraction of sp³-hybridized carbons (Fsp3) is 0.900. The number of rotatable bonds is 8. The van der Waals surface area contributed by atoms with Crippen molar-refractivity contribution in [3.8, 4) is 0 Å². The second-order valence-corrected chi connectivity index (χ2v) is 4.48. The molecule has 0 unspecified atom stereocenters. The maximum absolute atomic E-state index is 11.4. The van der Waals surface area contributed by atoms with E-state index in [4.69, 9.17) is 21.8 Å². The predicted molar refractivity (Wildman–Crippen MR) is 67.9 cm³/mol. The van der Waals surface area contributed by atoms with Crippen LogP contribution in [0.1, 0.15) is 0 Å². The Morgan fingerprint density at radius 1 is 1.21 bits per heavy atom. The van der Waals surface area contributed by atoms with E-state index in [1.54, 1.807) is 0 Å². The molecule has 0 saturated heterocycles. The van der Waals surface area contributed by atoms with E-state index >= 15 is 0 Å². The van der Waals surface area contributed by atoms with Crippen LogP contribution in [0.3, 0.4) is 0 Å². The topological polar surface area (TPSA) is 133 Å². The highest BCUT2D eigenvalue weighted by atomic mass is 35.5. The predicted octanol–water partition coefficient (Wildman–Crippen LogP) is -2.70. The molecule has 0 aliphatic carbocycles. The Morgan fingerprint density at radius 2 is 1.74 bits per heavy atom. The van der Waals surface area contributed by atoms with Gasteiger partial charge in [0.1, 0.15) is 24.4 Å². The van der Waals surface area contributed by atoms with Crippen LogP contribution in [0, 0.1) is 0 Å². The summed E-state index contributed by atoms with van der Waals surface area (Å²) >= 11 is 5.39. The molecule has 0 fully saturated rings. The van der Waals surface area contributed by atoms with Crippen molar-refractivity contribution in [3.05, 3.63) is 0 Å². The highest BCUT2D eigenvalue weighted by molar-refractivity contribution is 6.18. The Balaban J connectivity index is 4.27. The Bertz CT molecular complexity index is 270. The zero-order valence-corrected chi connectivity index (χ0v) is 11.4. The minimum atomic E-state index is -1.71. The standard InChI is InChI=1S/C10H21ClN2O6/c1-13(10(19)12-3-2-11)4-6(15)8(17)9(18)7(16)5-14/h6-9,14-18H,2-5H2,1H3,(H,12,19)/t6-,7+,8+,9+/m0/s1. The summed E-state index contributed by atoms with van der Waals surface area (Å²) in [7, 11) is 1.38. The molecule has 0 heterocycles. The summed E-state index contributed by atoms with van der Waals surface area (Å²) in [5.41, 5.74) is 0. The van der Waals surface area contributed by atoms with Gasteiger partial charge < -0.3 is 35.7 Å². The SMILES string of the molecule is CN(C[C@H](O)[C@@H](O)[C@H](O)[C@H](O)CO)C(=O)NCCCl. The van der Waals surface area contributed by atoms with Crippen molar-refractivity contribution in [2.24, 2.45) is 0 Å². The number of carbonyl (C=O) groups is 1. The number of alkyl halides is 1. The molecule has 9 heteroatoms. The van der Waals surface area contributed by atoms with Gasteiger partial charge in [-0.3, -0.25) is 0 Å². The molecule has 0 aliphatic heterocycles. The monoisotopic (exact) mass is 300 g/mol. The Hall–Kier alpha value is -0.640. The molecular formula is C10H21ClN2O6. The number of likely N-dealkylation sites (N-methyl/N-ethyl adjacent to an activating group) is 1. The van der Waals surface area contributed by atoms with Gasteiger partial charge in [0.05, 0.1) is 13.2 Å². The lowest BCUT2D eigenvalue weighted by Gasteiger charge is -2.28. The highest BCUT2D eigenvalue weighted by Crippen LogP contribution is 2.06. The van der Waals surface area contributed by atoms with Crippen LogP contribution >= 0.6 is 11.6 Å². The zero-order valence-electron chi connectivity index (χ0n) is 10.6. The quantitative estimate of drug-likeness (QED) is 0.270. The molecule has 19 heavy (non-hydrogen) atoms. The summed E-state index contributed by atoms with van der Waals surface area (Å²) in [5.74, 6) is 0.242. The average Bonchev–Trinajstić information content (AvgIpc) is 2.41. The van der Waals surface area contributed by atoms with E-state index < -0.39 is 37.1 Å². The molecule has 0 aromatic carbocycles. The number of amides is 2. The van der Waals surface area contributed by atoms with Gasteiger partial charge in [-0.2, -0.15) is 0 Å². The molecule has 0 saturated carbocycles. The van der Waals surface area contributed by atoms with Crippen LogP contribution in [-0.2, 0) is 0 Å². The molecule has 0 radical (unpaired) electrons. The van der Waals surface area contributed by atoms with Crippen LogP contribution in [0.2, 0.25) is 0 Å². The third kappa shape index (κ3) is 6.37. The number of hydrogen-bond donors (Lipinski definition) is 6. The number of halogens is 1. The zero-order chi connectivity index (χ0) is 15.0. The van der Waals surface area contributed by atoms with Crippen molar-refractivity contribution in [3.63, 3.8) is 0 Å². The van der Waals surface area contributed by atoms with Crippen molar-refractivity contribution in [1.82, 2.24) is 10.2 Å². The molecule has 0 spiro atoms. The molecule has 2 amide bonds. The van der Waals surface area contributed by atoms with Crippen molar-refractivity contribution in [1.29, 1.82) is 0 Å². The van der Waals surface area contributed by atoms with E-state index in [2.05, 4.69) is 5.32 Å². The van der Waals surface area contributed by atoms with Crippen molar-refractivity contribution in [2.45, 2.75) is 24.4 Å². The minimum Gasteiger partial charge on any atom is -0.394 e. The van der Waals surface area contributed by atoms with Gasteiger partial charge in [0.15, 0.2) is 0 Å². The van der Waals surface area contributed by atoms with E-state index in [1.807, 2.05) is 0 Å². The Labute approximate surface area is 116 Å². The summed E-state index contributed by atoms with van der Waals surface area (Å²) in [6, 6.07) is -0.496. The fourth-order valence-electron chi connectivity index (χ4n) is 1.32. The molecule has 0 aliphatic rings. The van der Waals surface area contributed by atoms with Crippen molar-refractivity contribution in [2.75, 3.05) is 32.6 Å². The van der Waals surface area contributed by atoms with Crippen LogP contribution in [0.25, 0.3) is 0 Å². The van der Waals surface area contributed by atoms with E-state index in [0.29, 0.717) is 0 Å². The number of aliphatic hydroxyl groups excluding tert-OH is 5. The van der Waals surface area contributed by atoms with Crippen molar-refractivity contribution >= 4 is 17.6 Å². The van der Waals surface area contributed by atoms with Gasteiger partial charge in [0, 0.05) is 19.5 Å². The summed E-state index contributed by atoms with van der Waals surface area (Å²) in [5, 5.41) is 48.8. The number of nitrogens with zero attached hydrogens (tertiary/aromatic N) is 1. The summed E-state index contributed by atoms with van der Waals surface area (Å²) in [6.07, 6.45) is -6.44. The molecule has 0 rings (SSSR count). The summed E-state index contributed by atoms with van der Waals surface area (Å²) < 4.78 is 0. The van der Waals surface area contributed by atoms with Gasteiger partial charge in [-0.25, -0.2) is 4.79 Å². The van der Waals surface area contributed by atoms with Crippen molar-refractivity contribution < 1.29 is 30.3 Å². The number of carbonyl (C=O) groups excluding carboxylic acids is 1. The van der Waals surface area contributed by atoms with Crippen LogP contribution in [0.15, 0.2) is 0 Å². The lowest BCUT2D eigenvalue weighted by atomic mass is 10.0. The van der Waals surface area contributed by atoms with Crippen LogP contribution in [0.5, 0.6) is 0 Å². The number of nitrogens with one attached hydrogen (secondary N) is 1. The van der Waals surface area contributed by atoms with Gasteiger partial charge in [0.25, 0.3) is 0 Å². The van der Waals surface area contributed by atoms with E-state index in [-0.39, 0.29) is 19.0 Å². The average molecular weight is 301 g/mol. The molecule has 114 valence electrons. The summed E-state index contributed by atoms with van der Waals surface area (Å²) in [6.45, 7) is -0.753. The van der Waals surface area contributed by atoms with Crippen LogP contribution in [-0.4, -0.2) is 93.5 Å². The maximum atomic E-state index is 11.4. The lowest BCUT2D eigenvalue weighted by Crippen LogP contribution is -2.51. The Morgan fingerprint density at radius 3 is 2.21 bits per heavy atom. The third-order valence-electron chi connectivity index (χ3n) is 2.50. The number of aliphatic hydroxyl groups is 5. The lowest BCUT2D eigenvalue weighted by molar-refractivity contribution is -0.117. The molecular weight excluding hydrogens is 280 g/mol. The fourth-order valence-corrected chi connectivity index (χ4v) is 1.42. The molecule has 4 atom stereocenters. The number of hydrogen-bond acceptors (Lipinski definition) is 6. The first-order valence-corrected chi connectivity index (χ1v) is 6.26. The van der Waals surface area contributed by atoms with Crippen LogP contribution < -0.4 is 5.32 Å². The first kappa shape index (κ1) is 18.4. The second-order valence-electron chi connectivity index (χ2n) is 4.10. The Kier molecular flexibility index (Phi) is 8.98. The molecule has 0 aromatic heterocycles. The highest BCUT2D eigenvalue weighted by Gasteiger charge is 2.31. The van der Waals surface area contributed by atoms with Gasteiger partial charge in [-0.15, -0.1) is 11.6 Å². The van der Waals surface area contributed by atoms with Gasteiger partial charge >= 0.3 is 6.03 Å². The molecule has 0 bridgehead atoms. The second kappa shape index (κ2) is 9.29.